The third kappa shape index (κ3) is 4.58. The molecular weight excluding hydrogens is 533 g/mol. The number of carbonyl (C=O) groups is 1. The summed E-state index contributed by atoms with van der Waals surface area (Å²) < 4.78 is 31.8. The van der Waals surface area contributed by atoms with Gasteiger partial charge in [0.05, 0.1) is 23.6 Å². The number of rotatable bonds is 7. The Morgan fingerprint density at radius 2 is 1.68 bits per heavy atom. The Morgan fingerprint density at radius 3 is 2.42 bits per heavy atom. The highest BCUT2D eigenvalue weighted by Gasteiger charge is 2.44. The van der Waals surface area contributed by atoms with Crippen LogP contribution in [0.25, 0.3) is 11.0 Å². The largest absolute Gasteiger partial charge is 0.490 e. The quantitative estimate of drug-likeness (QED) is 0.210. The fraction of sp³-hybridized carbons (Fsp3) is 0.125. The molecule has 8 heteroatoms. The van der Waals surface area contributed by atoms with E-state index in [0.29, 0.717) is 41.0 Å². The van der Waals surface area contributed by atoms with Crippen molar-refractivity contribution in [3.63, 3.8) is 0 Å². The number of halogens is 2. The summed E-state index contributed by atoms with van der Waals surface area (Å²) in [6.45, 7) is 2.57. The van der Waals surface area contributed by atoms with Crippen LogP contribution < -0.4 is 19.8 Å². The van der Waals surface area contributed by atoms with Gasteiger partial charge in [0.1, 0.15) is 18.0 Å². The van der Waals surface area contributed by atoms with Gasteiger partial charge in [-0.05, 0) is 72.6 Å². The van der Waals surface area contributed by atoms with Crippen LogP contribution in [0.2, 0.25) is 5.02 Å². The summed E-state index contributed by atoms with van der Waals surface area (Å²) in [4.78, 5) is 29.1. The molecule has 1 aliphatic heterocycles. The number of ether oxygens (including phenoxy) is 2. The van der Waals surface area contributed by atoms with E-state index < -0.39 is 17.8 Å². The van der Waals surface area contributed by atoms with Crippen LogP contribution in [0.5, 0.6) is 11.5 Å². The van der Waals surface area contributed by atoms with Crippen molar-refractivity contribution < 1.29 is 23.1 Å². The van der Waals surface area contributed by atoms with Crippen LogP contribution in [0.1, 0.15) is 40.2 Å². The lowest BCUT2D eigenvalue weighted by Gasteiger charge is -2.26. The Morgan fingerprint density at radius 1 is 0.900 bits per heavy atom. The number of carbonyl (C=O) groups excluding carboxylic acids is 1. The fourth-order valence-corrected chi connectivity index (χ4v) is 5.12. The van der Waals surface area contributed by atoms with E-state index in [1.54, 1.807) is 30.3 Å². The Kier molecular flexibility index (Phi) is 6.74. The minimum atomic E-state index is -0.866. The molecule has 0 radical (unpaired) electrons. The zero-order valence-corrected chi connectivity index (χ0v) is 22.2. The molecule has 2 heterocycles. The molecular formula is C32H23ClFNO5. The predicted octanol–water partition coefficient (Wildman–Crippen LogP) is 7.31. The molecule has 200 valence electrons. The van der Waals surface area contributed by atoms with Crippen molar-refractivity contribution in [1.82, 2.24) is 0 Å². The predicted molar refractivity (Wildman–Crippen MR) is 151 cm³/mol. The zero-order chi connectivity index (χ0) is 27.8. The molecule has 4 aromatic carbocycles. The molecule has 1 aliphatic rings. The Bertz CT molecular complexity index is 1790. The maximum Gasteiger partial charge on any atom is 0.295 e. The van der Waals surface area contributed by atoms with Gasteiger partial charge in [-0.2, -0.15) is 0 Å². The zero-order valence-electron chi connectivity index (χ0n) is 21.4. The maximum absolute atomic E-state index is 13.9. The van der Waals surface area contributed by atoms with E-state index >= 15 is 0 Å². The first-order valence-corrected chi connectivity index (χ1v) is 13.1. The maximum atomic E-state index is 13.9. The first-order chi connectivity index (χ1) is 19.4. The minimum Gasteiger partial charge on any atom is -0.490 e. The van der Waals surface area contributed by atoms with E-state index in [0.717, 1.165) is 5.56 Å². The van der Waals surface area contributed by atoms with Crippen LogP contribution in [-0.4, -0.2) is 12.5 Å². The van der Waals surface area contributed by atoms with Gasteiger partial charge in [-0.1, -0.05) is 48.0 Å². The van der Waals surface area contributed by atoms with Gasteiger partial charge in [0.15, 0.2) is 16.9 Å². The van der Waals surface area contributed by atoms with Gasteiger partial charge in [0, 0.05) is 10.7 Å². The van der Waals surface area contributed by atoms with E-state index in [-0.39, 0.29) is 27.7 Å². The lowest BCUT2D eigenvalue weighted by molar-refractivity contribution is 0.0971. The normalized spacial score (nSPS) is 14.4. The number of anilines is 1. The monoisotopic (exact) mass is 555 g/mol. The standard InChI is InChI=1S/C32H23ClFNO5/c1-2-38-27-16-20(8-14-26(27)39-18-19-6-4-3-5-7-19)29-28-30(36)24-17-21(33)9-15-25(24)40-31(28)32(37)35(29)23-12-10-22(34)11-13-23/h3-17,29H,2,18H2,1H3. The smallest absolute Gasteiger partial charge is 0.295 e. The second-order valence-electron chi connectivity index (χ2n) is 9.28. The van der Waals surface area contributed by atoms with Crippen molar-refractivity contribution in [1.29, 1.82) is 0 Å². The lowest BCUT2D eigenvalue weighted by Crippen LogP contribution is -2.29. The van der Waals surface area contributed by atoms with Crippen LogP contribution >= 0.6 is 11.6 Å². The summed E-state index contributed by atoms with van der Waals surface area (Å²) in [6, 6.07) is 24.4. The first kappa shape index (κ1) is 25.6. The Balaban J connectivity index is 1.50. The molecule has 0 N–H and O–H groups in total. The highest BCUT2D eigenvalue weighted by molar-refractivity contribution is 6.31. The average molecular weight is 556 g/mol. The average Bonchev–Trinajstić information content (AvgIpc) is 3.26. The summed E-state index contributed by atoms with van der Waals surface area (Å²) in [5, 5.41) is 0.632. The Hall–Kier alpha value is -4.62. The van der Waals surface area contributed by atoms with Crippen molar-refractivity contribution in [2.75, 3.05) is 11.5 Å². The number of hydrogen-bond acceptors (Lipinski definition) is 5. The van der Waals surface area contributed by atoms with Crippen molar-refractivity contribution >= 4 is 34.2 Å². The van der Waals surface area contributed by atoms with Crippen molar-refractivity contribution in [2.45, 2.75) is 19.6 Å². The molecule has 5 aromatic rings. The van der Waals surface area contributed by atoms with Crippen LogP contribution in [0.15, 0.2) is 100 Å². The molecule has 6 nitrogen and oxygen atoms in total. The van der Waals surface area contributed by atoms with Gasteiger partial charge in [0.25, 0.3) is 5.91 Å². The van der Waals surface area contributed by atoms with Gasteiger partial charge in [-0.25, -0.2) is 4.39 Å². The molecule has 0 fully saturated rings. The molecule has 0 saturated carbocycles. The lowest BCUT2D eigenvalue weighted by atomic mass is 9.97. The van der Waals surface area contributed by atoms with Crippen molar-refractivity contribution in [2.24, 2.45) is 0 Å². The molecule has 1 aromatic heterocycles. The molecule has 0 spiro atoms. The molecule has 1 unspecified atom stereocenters. The van der Waals surface area contributed by atoms with Crippen molar-refractivity contribution in [3.8, 4) is 11.5 Å². The third-order valence-electron chi connectivity index (χ3n) is 6.76. The summed E-state index contributed by atoms with van der Waals surface area (Å²) >= 11 is 6.19. The topological polar surface area (TPSA) is 69.0 Å². The van der Waals surface area contributed by atoms with Gasteiger partial charge in [-0.15, -0.1) is 0 Å². The van der Waals surface area contributed by atoms with E-state index in [1.807, 2.05) is 37.3 Å². The molecule has 0 bridgehead atoms. The SMILES string of the molecule is CCOc1cc(C2c3c(oc4ccc(Cl)cc4c3=O)C(=O)N2c2ccc(F)cc2)ccc1OCc1ccccc1. The highest BCUT2D eigenvalue weighted by Crippen LogP contribution is 2.43. The molecule has 0 aliphatic carbocycles. The van der Waals surface area contributed by atoms with Crippen LogP contribution in [0, 0.1) is 5.82 Å². The second-order valence-corrected chi connectivity index (χ2v) is 9.72. The van der Waals surface area contributed by atoms with Crippen molar-refractivity contribution in [3.05, 3.63) is 135 Å². The first-order valence-electron chi connectivity index (χ1n) is 12.7. The fourth-order valence-electron chi connectivity index (χ4n) is 4.95. The summed E-state index contributed by atoms with van der Waals surface area (Å²) in [6.07, 6.45) is 0. The summed E-state index contributed by atoms with van der Waals surface area (Å²) in [7, 11) is 0. The van der Waals surface area contributed by atoms with Gasteiger partial charge >= 0.3 is 0 Å². The van der Waals surface area contributed by atoms with Gasteiger partial charge in [-0.3, -0.25) is 14.5 Å². The molecule has 6 rings (SSSR count). The summed E-state index contributed by atoms with van der Waals surface area (Å²) in [5.74, 6) is -0.0502. The minimum absolute atomic E-state index is 0.0727. The molecule has 1 amide bonds. The molecule has 1 atom stereocenters. The molecule has 40 heavy (non-hydrogen) atoms. The number of hydrogen-bond donors (Lipinski definition) is 0. The van der Waals surface area contributed by atoms with Crippen LogP contribution in [0.4, 0.5) is 10.1 Å². The van der Waals surface area contributed by atoms with E-state index in [4.69, 9.17) is 25.5 Å². The third-order valence-corrected chi connectivity index (χ3v) is 6.99. The summed E-state index contributed by atoms with van der Waals surface area (Å²) in [5.41, 5.74) is 2.05. The van der Waals surface area contributed by atoms with E-state index in [2.05, 4.69) is 0 Å². The number of fused-ring (bicyclic) bond motifs is 2. The highest BCUT2D eigenvalue weighted by atomic mass is 35.5. The van der Waals surface area contributed by atoms with Gasteiger partial charge in [0.2, 0.25) is 5.76 Å². The van der Waals surface area contributed by atoms with E-state index in [1.165, 1.54) is 35.2 Å². The number of amides is 1. The van der Waals surface area contributed by atoms with Crippen LogP contribution in [-0.2, 0) is 6.61 Å². The number of nitrogens with zero attached hydrogens (tertiary/aromatic N) is 1. The van der Waals surface area contributed by atoms with Gasteiger partial charge < -0.3 is 13.9 Å². The molecule has 0 saturated heterocycles. The van der Waals surface area contributed by atoms with E-state index in [9.17, 15) is 14.0 Å². The van der Waals surface area contributed by atoms with Crippen LogP contribution in [0.3, 0.4) is 0 Å². The number of benzene rings is 4. The Labute approximate surface area is 234 Å². The second kappa shape index (κ2) is 10.5.